The number of para-hydroxylation sites is 1. The Bertz CT molecular complexity index is 3500. The second-order valence-corrected chi connectivity index (χ2v) is 15.6. The van der Waals surface area contributed by atoms with Crippen LogP contribution in [0, 0.1) is 0 Å². The van der Waals surface area contributed by atoms with Crippen molar-refractivity contribution in [2.75, 3.05) is 0 Å². The van der Waals surface area contributed by atoms with Crippen LogP contribution in [0.4, 0.5) is 0 Å². The van der Waals surface area contributed by atoms with Crippen molar-refractivity contribution in [2.24, 2.45) is 0 Å². The van der Waals surface area contributed by atoms with Gasteiger partial charge in [-0.25, -0.2) is 4.98 Å². The number of aromatic nitrogens is 3. The lowest BCUT2D eigenvalue weighted by Gasteiger charge is -2.19. The van der Waals surface area contributed by atoms with Crippen LogP contribution >= 0.6 is 0 Å². The van der Waals surface area contributed by atoms with Crippen molar-refractivity contribution in [2.45, 2.75) is 12.5 Å². The molecule has 9 aromatic carbocycles. The van der Waals surface area contributed by atoms with E-state index in [0.29, 0.717) is 0 Å². The summed E-state index contributed by atoms with van der Waals surface area (Å²) in [7, 11) is 0. The van der Waals surface area contributed by atoms with Crippen LogP contribution in [0.15, 0.2) is 206 Å². The normalized spacial score (nSPS) is 14.1. The molecule has 0 radical (unpaired) electrons. The minimum Gasteiger partial charge on any atom is -0.333 e. The largest absolute Gasteiger partial charge is 0.333 e. The number of rotatable bonds is 5. The fourth-order valence-electron chi connectivity index (χ4n) is 9.55. The number of fused-ring (bicyclic) bond motifs is 10. The second-order valence-electron chi connectivity index (χ2n) is 15.6. The fraction of sp³-hybridized carbons (Fsp3) is 0.0357. The summed E-state index contributed by atoms with van der Waals surface area (Å²) in [6, 6.07) is 64.2. The van der Waals surface area contributed by atoms with Gasteiger partial charge in [-0.3, -0.25) is 4.98 Å². The molecule has 0 spiro atoms. The maximum atomic E-state index is 5.25. The zero-order chi connectivity index (χ0) is 38.9. The van der Waals surface area contributed by atoms with Crippen molar-refractivity contribution in [3.05, 3.63) is 206 Å². The van der Waals surface area contributed by atoms with Crippen molar-refractivity contribution in [3.8, 4) is 44.6 Å². The highest BCUT2D eigenvalue weighted by atomic mass is 15.0. The molecular weight excluding hydrogens is 715 g/mol. The van der Waals surface area contributed by atoms with Crippen LogP contribution in [0.1, 0.15) is 12.5 Å². The van der Waals surface area contributed by atoms with Gasteiger partial charge in [0.05, 0.1) is 34.5 Å². The van der Waals surface area contributed by atoms with Gasteiger partial charge in [0.25, 0.3) is 0 Å². The summed E-state index contributed by atoms with van der Waals surface area (Å²) in [5.41, 5.74) is 13.5. The van der Waals surface area contributed by atoms with E-state index in [1.807, 2.05) is 6.20 Å². The van der Waals surface area contributed by atoms with Gasteiger partial charge >= 0.3 is 0 Å². The molecule has 0 bridgehead atoms. The monoisotopic (exact) mass is 751 g/mol. The number of allylic oxidation sites excluding steroid dienone is 4. The van der Waals surface area contributed by atoms with Gasteiger partial charge in [0.1, 0.15) is 0 Å². The van der Waals surface area contributed by atoms with E-state index in [4.69, 9.17) is 9.97 Å². The highest BCUT2D eigenvalue weighted by Gasteiger charge is 2.19. The smallest absolute Gasteiger partial charge is 0.0979 e. The van der Waals surface area contributed by atoms with E-state index < -0.39 is 0 Å². The third-order valence-corrected chi connectivity index (χ3v) is 12.4. The highest BCUT2D eigenvalue weighted by molar-refractivity contribution is 6.23. The van der Waals surface area contributed by atoms with Crippen molar-refractivity contribution in [1.82, 2.24) is 14.5 Å². The maximum Gasteiger partial charge on any atom is 0.0979 e. The zero-order valence-corrected chi connectivity index (χ0v) is 32.3. The number of nitrogens with zero attached hydrogens (tertiary/aromatic N) is 3. The van der Waals surface area contributed by atoms with E-state index in [9.17, 15) is 0 Å². The Morgan fingerprint density at radius 2 is 1.00 bits per heavy atom. The molecule has 0 saturated heterocycles. The Morgan fingerprint density at radius 3 is 1.73 bits per heavy atom. The van der Waals surface area contributed by atoms with Crippen LogP contribution < -0.4 is 0 Å². The predicted molar refractivity (Wildman–Crippen MR) is 249 cm³/mol. The van der Waals surface area contributed by atoms with Crippen LogP contribution in [0.25, 0.3) is 110 Å². The van der Waals surface area contributed by atoms with E-state index in [-0.39, 0.29) is 6.04 Å². The molecule has 11 aromatic rings. The van der Waals surface area contributed by atoms with Gasteiger partial charge in [0.15, 0.2) is 0 Å². The van der Waals surface area contributed by atoms with Crippen LogP contribution in [0.5, 0.6) is 0 Å². The summed E-state index contributed by atoms with van der Waals surface area (Å²) in [5.74, 6) is 0. The molecule has 0 amide bonds. The third kappa shape index (κ3) is 5.43. The van der Waals surface area contributed by atoms with Gasteiger partial charge in [-0.1, -0.05) is 182 Å². The first-order valence-electron chi connectivity index (χ1n) is 20.4. The molecule has 1 unspecified atom stereocenters. The van der Waals surface area contributed by atoms with Gasteiger partial charge in [0.2, 0.25) is 0 Å². The molecule has 0 aliphatic heterocycles. The average molecular weight is 752 g/mol. The van der Waals surface area contributed by atoms with E-state index in [0.717, 1.165) is 50.6 Å². The van der Waals surface area contributed by atoms with E-state index >= 15 is 0 Å². The highest BCUT2D eigenvalue weighted by Crippen LogP contribution is 2.41. The summed E-state index contributed by atoms with van der Waals surface area (Å²) in [6.07, 6.45) is 11.8. The van der Waals surface area contributed by atoms with Crippen LogP contribution in [-0.2, 0) is 0 Å². The Morgan fingerprint density at radius 1 is 0.407 bits per heavy atom. The number of hydrogen-bond acceptors (Lipinski definition) is 2. The maximum absolute atomic E-state index is 5.25. The molecule has 0 saturated carbocycles. The Kier molecular flexibility index (Phi) is 7.67. The SMILES string of the molecule is C1=CCC(n2c3ccccc3c3ccc(-c4ccc(-c5ccc(-c6cccc(-c7cnc8c9ccccc9c9ccccc9c8n7)c6)cc5)c5ccccc45)cc32)C=C1. The topological polar surface area (TPSA) is 30.7 Å². The average Bonchev–Trinajstić information content (AvgIpc) is 3.65. The Hall–Kier alpha value is -7.62. The minimum atomic E-state index is 0.288. The van der Waals surface area contributed by atoms with E-state index in [1.165, 1.54) is 65.6 Å². The molecule has 2 aromatic heterocycles. The molecular formula is C56H37N3. The first kappa shape index (κ1) is 33.5. The zero-order valence-electron chi connectivity index (χ0n) is 32.3. The molecule has 1 aliphatic rings. The minimum absolute atomic E-state index is 0.288. The number of hydrogen-bond donors (Lipinski definition) is 0. The quantitative estimate of drug-likeness (QED) is 0.164. The predicted octanol–water partition coefficient (Wildman–Crippen LogP) is 14.9. The molecule has 276 valence electrons. The second kappa shape index (κ2) is 13.5. The van der Waals surface area contributed by atoms with Crippen molar-refractivity contribution >= 4 is 65.2 Å². The Labute approximate surface area is 341 Å². The first-order chi connectivity index (χ1) is 29.3. The fourth-order valence-corrected chi connectivity index (χ4v) is 9.55. The molecule has 3 heteroatoms. The molecule has 0 N–H and O–H groups in total. The van der Waals surface area contributed by atoms with Gasteiger partial charge in [-0.2, -0.15) is 0 Å². The van der Waals surface area contributed by atoms with Crippen LogP contribution in [0.3, 0.4) is 0 Å². The first-order valence-corrected chi connectivity index (χ1v) is 20.4. The Balaban J connectivity index is 0.901. The van der Waals surface area contributed by atoms with Crippen LogP contribution in [-0.4, -0.2) is 14.5 Å². The van der Waals surface area contributed by atoms with Gasteiger partial charge in [-0.15, -0.1) is 0 Å². The molecule has 1 aliphatic carbocycles. The number of benzene rings is 9. The molecule has 2 heterocycles. The molecule has 0 fully saturated rings. The van der Waals surface area contributed by atoms with Crippen LogP contribution in [0.2, 0.25) is 0 Å². The van der Waals surface area contributed by atoms with Gasteiger partial charge in [0, 0.05) is 32.6 Å². The van der Waals surface area contributed by atoms with Crippen molar-refractivity contribution in [3.63, 3.8) is 0 Å². The summed E-state index contributed by atoms with van der Waals surface area (Å²) in [6.45, 7) is 0. The summed E-state index contributed by atoms with van der Waals surface area (Å²) >= 11 is 0. The lowest BCUT2D eigenvalue weighted by Crippen LogP contribution is -2.06. The lowest BCUT2D eigenvalue weighted by molar-refractivity contribution is 0.648. The summed E-state index contributed by atoms with van der Waals surface area (Å²) < 4.78 is 2.53. The lowest BCUT2D eigenvalue weighted by atomic mass is 9.91. The van der Waals surface area contributed by atoms with Crippen molar-refractivity contribution < 1.29 is 0 Å². The van der Waals surface area contributed by atoms with E-state index in [2.05, 4.69) is 205 Å². The van der Waals surface area contributed by atoms with Gasteiger partial charge in [-0.05, 0) is 79.5 Å². The molecule has 3 nitrogen and oxygen atoms in total. The summed E-state index contributed by atoms with van der Waals surface area (Å²) in [4.78, 5) is 10.3. The van der Waals surface area contributed by atoms with Gasteiger partial charge < -0.3 is 4.57 Å². The standard InChI is InChI=1S/C56H37N3/c1-2-15-41(16-3-1)59-53-24-11-10-21-48(53)49-30-29-39(34-54(49)59)43-32-31-42(44-17-4-5-18-45(43)44)37-27-25-36(26-28-37)38-13-12-14-40(33-38)52-35-57-55-50-22-8-6-19-46(50)47-20-7-9-23-51(47)56(55)58-52/h1-15,17-35,41H,16H2. The molecule has 59 heavy (non-hydrogen) atoms. The molecule has 12 rings (SSSR count). The molecule has 1 atom stereocenters. The third-order valence-electron chi connectivity index (χ3n) is 12.4. The van der Waals surface area contributed by atoms with Crippen molar-refractivity contribution in [1.29, 1.82) is 0 Å². The summed E-state index contributed by atoms with van der Waals surface area (Å²) in [5, 5.41) is 9.75. The van der Waals surface area contributed by atoms with E-state index in [1.54, 1.807) is 0 Å².